The summed E-state index contributed by atoms with van der Waals surface area (Å²) in [5.74, 6) is 0.233. The molecule has 1 saturated heterocycles. The maximum atomic E-state index is 13.3. The molecular weight excluding hydrogens is 363 g/mol. The molecule has 0 unspecified atom stereocenters. The first kappa shape index (κ1) is 19.7. The Morgan fingerprint density at radius 3 is 2.36 bits per heavy atom. The highest BCUT2D eigenvalue weighted by Crippen LogP contribution is 2.27. The van der Waals surface area contributed by atoms with Crippen LogP contribution < -0.4 is 14.8 Å². The fourth-order valence-corrected chi connectivity index (χ4v) is 3.28. The third-order valence-electron chi connectivity index (χ3n) is 4.83. The maximum Gasteiger partial charge on any atom is 0.253 e. The first-order valence-electron chi connectivity index (χ1n) is 9.09. The van der Waals surface area contributed by atoms with E-state index in [0.717, 1.165) is 0 Å². The number of nitrogens with one attached hydrogen (secondary N) is 1. The van der Waals surface area contributed by atoms with Gasteiger partial charge in [-0.1, -0.05) is 6.07 Å². The van der Waals surface area contributed by atoms with Crippen LogP contribution in [0.1, 0.15) is 33.6 Å². The summed E-state index contributed by atoms with van der Waals surface area (Å²) in [5, 5.41) is 3.00. The Kier molecular flexibility index (Phi) is 6.13. The average Bonchev–Trinajstić information content (AvgIpc) is 2.73. The normalized spacial score (nSPS) is 14.5. The summed E-state index contributed by atoms with van der Waals surface area (Å²) in [6.07, 6.45) is 1.28. The number of benzene rings is 2. The Hall–Kier alpha value is -3.09. The lowest BCUT2D eigenvalue weighted by Gasteiger charge is -2.32. The quantitative estimate of drug-likeness (QED) is 0.858. The second-order valence-electron chi connectivity index (χ2n) is 6.62. The Balaban J connectivity index is 1.57. The molecule has 2 aromatic rings. The second kappa shape index (κ2) is 8.73. The van der Waals surface area contributed by atoms with Gasteiger partial charge in [-0.2, -0.15) is 0 Å². The molecule has 1 fully saturated rings. The molecule has 0 spiro atoms. The van der Waals surface area contributed by atoms with Crippen LogP contribution in [0.25, 0.3) is 0 Å². The van der Waals surface area contributed by atoms with Crippen LogP contribution in [0.4, 0.5) is 4.39 Å². The van der Waals surface area contributed by atoms with Crippen molar-refractivity contribution in [2.24, 2.45) is 0 Å². The summed E-state index contributed by atoms with van der Waals surface area (Å²) in [6.45, 7) is 1.01. The number of carbonyl (C=O) groups excluding carboxylic acids is 2. The Bertz CT molecular complexity index is 863. The Labute approximate surface area is 163 Å². The van der Waals surface area contributed by atoms with E-state index in [0.29, 0.717) is 48.6 Å². The van der Waals surface area contributed by atoms with Crippen molar-refractivity contribution in [3.8, 4) is 11.5 Å². The highest BCUT2D eigenvalue weighted by atomic mass is 19.1. The van der Waals surface area contributed by atoms with Gasteiger partial charge >= 0.3 is 0 Å². The number of piperidine rings is 1. The second-order valence-corrected chi connectivity index (χ2v) is 6.62. The van der Waals surface area contributed by atoms with E-state index in [1.807, 2.05) is 0 Å². The summed E-state index contributed by atoms with van der Waals surface area (Å²) in [4.78, 5) is 26.7. The first-order valence-corrected chi connectivity index (χ1v) is 9.09. The molecule has 2 aromatic carbocycles. The smallest absolute Gasteiger partial charge is 0.253 e. The molecule has 0 atom stereocenters. The third kappa shape index (κ3) is 4.42. The van der Waals surface area contributed by atoms with E-state index in [1.54, 1.807) is 29.2 Å². The lowest BCUT2D eigenvalue weighted by atomic mass is 10.0. The molecule has 0 radical (unpaired) electrons. The minimum absolute atomic E-state index is 0.0304. The zero-order valence-corrected chi connectivity index (χ0v) is 15.9. The highest BCUT2D eigenvalue weighted by molar-refractivity contribution is 5.95. The maximum absolute atomic E-state index is 13.3. The number of nitrogens with zero attached hydrogens (tertiary/aromatic N) is 1. The van der Waals surface area contributed by atoms with Gasteiger partial charge in [-0.05, 0) is 49.2 Å². The lowest BCUT2D eigenvalue weighted by Crippen LogP contribution is -2.46. The molecule has 0 saturated carbocycles. The van der Waals surface area contributed by atoms with Crippen molar-refractivity contribution in [3.63, 3.8) is 0 Å². The van der Waals surface area contributed by atoms with Crippen molar-refractivity contribution >= 4 is 11.8 Å². The number of methoxy groups -OCH3 is 2. The summed E-state index contributed by atoms with van der Waals surface area (Å²) >= 11 is 0. The van der Waals surface area contributed by atoms with E-state index in [9.17, 15) is 14.0 Å². The van der Waals surface area contributed by atoms with E-state index in [2.05, 4.69) is 5.32 Å². The highest BCUT2D eigenvalue weighted by Gasteiger charge is 2.25. The van der Waals surface area contributed by atoms with Gasteiger partial charge in [0.25, 0.3) is 11.8 Å². The number of ether oxygens (including phenoxy) is 2. The number of halogens is 1. The predicted molar refractivity (Wildman–Crippen MR) is 102 cm³/mol. The minimum atomic E-state index is -0.428. The van der Waals surface area contributed by atoms with Crippen LogP contribution in [-0.4, -0.2) is 50.1 Å². The zero-order chi connectivity index (χ0) is 20.1. The molecule has 1 heterocycles. The number of hydrogen-bond donors (Lipinski definition) is 1. The minimum Gasteiger partial charge on any atom is -0.493 e. The molecule has 1 aliphatic heterocycles. The van der Waals surface area contributed by atoms with Crippen LogP contribution in [0, 0.1) is 5.82 Å². The van der Waals surface area contributed by atoms with Crippen LogP contribution in [0.15, 0.2) is 42.5 Å². The molecule has 0 bridgehead atoms. The fourth-order valence-electron chi connectivity index (χ4n) is 3.28. The van der Waals surface area contributed by atoms with Crippen molar-refractivity contribution in [1.29, 1.82) is 0 Å². The Morgan fingerprint density at radius 1 is 1.00 bits per heavy atom. The standard InChI is InChI=1S/C21H23FN2O4/c1-27-18-7-6-14(13-19(18)28-2)20(25)23-17-8-10-24(11-9-17)21(26)15-4-3-5-16(22)12-15/h3-7,12-13,17H,8-11H2,1-2H3,(H,23,25). The first-order chi connectivity index (χ1) is 13.5. The van der Waals surface area contributed by atoms with Crippen LogP contribution in [0.3, 0.4) is 0 Å². The van der Waals surface area contributed by atoms with Crippen molar-refractivity contribution in [3.05, 3.63) is 59.4 Å². The molecular formula is C21H23FN2O4. The topological polar surface area (TPSA) is 67.9 Å². The lowest BCUT2D eigenvalue weighted by molar-refractivity contribution is 0.0697. The van der Waals surface area contributed by atoms with Gasteiger partial charge in [-0.15, -0.1) is 0 Å². The van der Waals surface area contributed by atoms with Gasteiger partial charge in [-0.25, -0.2) is 4.39 Å². The predicted octanol–water partition coefficient (Wildman–Crippen LogP) is 2.88. The molecule has 0 aliphatic carbocycles. The third-order valence-corrected chi connectivity index (χ3v) is 4.83. The van der Waals surface area contributed by atoms with Crippen LogP contribution in [0.5, 0.6) is 11.5 Å². The van der Waals surface area contributed by atoms with Crippen molar-refractivity contribution in [2.75, 3.05) is 27.3 Å². The largest absolute Gasteiger partial charge is 0.493 e. The van der Waals surface area contributed by atoms with E-state index in [1.165, 1.54) is 32.4 Å². The van der Waals surface area contributed by atoms with Crippen LogP contribution >= 0.6 is 0 Å². The van der Waals surface area contributed by atoms with Gasteiger partial charge in [0.1, 0.15) is 5.82 Å². The van der Waals surface area contributed by atoms with Gasteiger partial charge in [-0.3, -0.25) is 9.59 Å². The molecule has 1 aliphatic rings. The monoisotopic (exact) mass is 386 g/mol. The van der Waals surface area contributed by atoms with Crippen molar-refractivity contribution in [1.82, 2.24) is 10.2 Å². The number of hydrogen-bond acceptors (Lipinski definition) is 4. The van der Waals surface area contributed by atoms with Gasteiger partial charge in [0, 0.05) is 30.3 Å². The van der Waals surface area contributed by atoms with E-state index in [4.69, 9.17) is 9.47 Å². The van der Waals surface area contributed by atoms with Crippen molar-refractivity contribution < 1.29 is 23.5 Å². The average molecular weight is 386 g/mol. The SMILES string of the molecule is COc1ccc(C(=O)NC2CCN(C(=O)c3cccc(F)c3)CC2)cc1OC. The zero-order valence-electron chi connectivity index (χ0n) is 15.9. The van der Waals surface area contributed by atoms with Gasteiger partial charge in [0.05, 0.1) is 14.2 Å². The van der Waals surface area contributed by atoms with Crippen LogP contribution in [0.2, 0.25) is 0 Å². The molecule has 28 heavy (non-hydrogen) atoms. The van der Waals surface area contributed by atoms with E-state index >= 15 is 0 Å². The fraction of sp³-hybridized carbons (Fsp3) is 0.333. The van der Waals surface area contributed by atoms with Gasteiger partial charge in [0.15, 0.2) is 11.5 Å². The summed E-state index contributed by atoms with van der Waals surface area (Å²) in [7, 11) is 3.06. The van der Waals surface area contributed by atoms with Crippen LogP contribution in [-0.2, 0) is 0 Å². The van der Waals surface area contributed by atoms with Gasteiger partial charge < -0.3 is 19.7 Å². The molecule has 7 heteroatoms. The van der Waals surface area contributed by atoms with E-state index < -0.39 is 5.82 Å². The Morgan fingerprint density at radius 2 is 1.71 bits per heavy atom. The summed E-state index contributed by atoms with van der Waals surface area (Å²) in [6, 6.07) is 10.7. The number of carbonyl (C=O) groups is 2. The molecule has 2 amide bonds. The van der Waals surface area contributed by atoms with Gasteiger partial charge in [0.2, 0.25) is 0 Å². The molecule has 3 rings (SSSR count). The molecule has 0 aromatic heterocycles. The summed E-state index contributed by atoms with van der Waals surface area (Å²) < 4.78 is 23.7. The van der Waals surface area contributed by atoms with Crippen molar-refractivity contribution in [2.45, 2.75) is 18.9 Å². The summed E-state index contributed by atoms with van der Waals surface area (Å²) in [5.41, 5.74) is 0.823. The number of likely N-dealkylation sites (tertiary alicyclic amines) is 1. The molecule has 6 nitrogen and oxygen atoms in total. The number of rotatable bonds is 5. The molecule has 1 N–H and O–H groups in total. The van der Waals surface area contributed by atoms with E-state index in [-0.39, 0.29) is 17.9 Å². The molecule has 148 valence electrons. The number of amides is 2.